The Kier molecular flexibility index (Phi) is 5.84. The molecule has 0 radical (unpaired) electrons. The summed E-state index contributed by atoms with van der Waals surface area (Å²) in [5.41, 5.74) is -0.616. The summed E-state index contributed by atoms with van der Waals surface area (Å²) in [4.78, 5) is 23.6. The molecule has 0 aliphatic heterocycles. The topological polar surface area (TPSA) is 55.4 Å². The number of carbonyl (C=O) groups excluding carboxylic acids is 2. The molecule has 4 nitrogen and oxygen atoms in total. The van der Waals surface area contributed by atoms with Crippen LogP contribution in [0.3, 0.4) is 0 Å². The van der Waals surface area contributed by atoms with Crippen molar-refractivity contribution in [3.8, 4) is 0 Å². The number of alkyl carbamates (subject to hydrolysis) is 1. The van der Waals surface area contributed by atoms with E-state index in [-0.39, 0.29) is 11.2 Å². The average Bonchev–Trinajstić information content (AvgIpc) is 2.07. The van der Waals surface area contributed by atoms with Crippen LogP contribution in [0.25, 0.3) is 0 Å². The van der Waals surface area contributed by atoms with Crippen molar-refractivity contribution in [2.45, 2.75) is 73.0 Å². The fourth-order valence-electron chi connectivity index (χ4n) is 1.51. The molecule has 0 saturated heterocycles. The highest BCUT2D eigenvalue weighted by Crippen LogP contribution is 2.20. The lowest BCUT2D eigenvalue weighted by Crippen LogP contribution is -2.44. The Morgan fingerprint density at radius 3 is 1.94 bits per heavy atom. The normalized spacial score (nSPS) is 13.9. The van der Waals surface area contributed by atoms with Gasteiger partial charge in [-0.15, -0.1) is 0 Å². The van der Waals surface area contributed by atoms with E-state index in [9.17, 15) is 9.59 Å². The van der Waals surface area contributed by atoms with E-state index in [0.717, 1.165) is 0 Å². The molecule has 0 spiro atoms. The Hall–Kier alpha value is -1.06. The van der Waals surface area contributed by atoms with Gasteiger partial charge in [-0.3, -0.25) is 4.79 Å². The van der Waals surface area contributed by atoms with Crippen molar-refractivity contribution in [1.29, 1.82) is 0 Å². The number of ketones is 1. The van der Waals surface area contributed by atoms with Crippen LogP contribution in [0.2, 0.25) is 0 Å². The van der Waals surface area contributed by atoms with Gasteiger partial charge in [0.15, 0.2) is 5.78 Å². The minimum atomic E-state index is -0.546. The second-order valence-corrected chi connectivity index (χ2v) is 6.81. The summed E-state index contributed by atoms with van der Waals surface area (Å²) in [5, 5.41) is 2.63. The molecule has 18 heavy (non-hydrogen) atoms. The molecule has 106 valence electrons. The molecule has 1 N–H and O–H groups in total. The Morgan fingerprint density at radius 2 is 1.61 bits per heavy atom. The molecule has 1 atom stereocenters. The van der Waals surface area contributed by atoms with Gasteiger partial charge in [0.05, 0.1) is 6.04 Å². The van der Waals surface area contributed by atoms with Crippen LogP contribution in [0.5, 0.6) is 0 Å². The van der Waals surface area contributed by atoms with E-state index in [2.05, 4.69) is 5.32 Å². The summed E-state index contributed by atoms with van der Waals surface area (Å²) in [6, 6.07) is -0.459. The average molecular weight is 257 g/mol. The largest absolute Gasteiger partial charge is 0.444 e. The number of ether oxygens (including phenoxy) is 1. The number of carbonyl (C=O) groups is 2. The van der Waals surface area contributed by atoms with Crippen LogP contribution < -0.4 is 5.32 Å². The van der Waals surface area contributed by atoms with Gasteiger partial charge in [-0.25, -0.2) is 4.79 Å². The van der Waals surface area contributed by atoms with Gasteiger partial charge >= 0.3 is 6.09 Å². The third kappa shape index (κ3) is 8.09. The van der Waals surface area contributed by atoms with Gasteiger partial charge in [0.25, 0.3) is 0 Å². The molecule has 0 saturated carbocycles. The van der Waals surface area contributed by atoms with Crippen LogP contribution in [0.4, 0.5) is 4.79 Å². The van der Waals surface area contributed by atoms with Crippen LogP contribution in [0, 0.1) is 5.41 Å². The summed E-state index contributed by atoms with van der Waals surface area (Å²) in [6.45, 7) is 13.3. The van der Waals surface area contributed by atoms with Crippen molar-refractivity contribution in [3.05, 3.63) is 0 Å². The van der Waals surface area contributed by atoms with E-state index in [1.807, 2.05) is 27.7 Å². The fourth-order valence-corrected chi connectivity index (χ4v) is 1.51. The quantitative estimate of drug-likeness (QED) is 0.840. The monoisotopic (exact) mass is 257 g/mol. The minimum absolute atomic E-state index is 0.0517. The predicted molar refractivity (Wildman–Crippen MR) is 72.5 cm³/mol. The number of amides is 1. The van der Waals surface area contributed by atoms with Crippen LogP contribution >= 0.6 is 0 Å². The van der Waals surface area contributed by atoms with Crippen LogP contribution in [0.1, 0.15) is 61.3 Å². The molecule has 0 rings (SSSR count). The maximum atomic E-state index is 12.0. The lowest BCUT2D eigenvalue weighted by Gasteiger charge is -2.24. The summed E-state index contributed by atoms with van der Waals surface area (Å²) in [7, 11) is 0. The minimum Gasteiger partial charge on any atom is -0.444 e. The maximum absolute atomic E-state index is 12.0. The van der Waals surface area contributed by atoms with Gasteiger partial charge < -0.3 is 10.1 Å². The van der Waals surface area contributed by atoms with E-state index >= 15 is 0 Å². The first-order valence-electron chi connectivity index (χ1n) is 6.47. The highest BCUT2D eigenvalue weighted by atomic mass is 16.6. The van der Waals surface area contributed by atoms with Crippen LogP contribution in [-0.4, -0.2) is 23.5 Å². The molecule has 0 aliphatic rings. The lowest BCUT2D eigenvalue weighted by molar-refractivity contribution is -0.122. The number of Topliss-reactive ketones (excluding diaryl/α,β-unsaturated/α-hetero) is 1. The Bertz CT molecular complexity index is 297. The number of nitrogens with one attached hydrogen (secondary N) is 1. The maximum Gasteiger partial charge on any atom is 0.408 e. The molecule has 4 heteroatoms. The number of rotatable bonds is 4. The standard InChI is InChI=1S/C14H27NO3/c1-8-10(11(16)9-13(2,3)4)15-12(17)18-14(5,6)7/h10H,8-9H2,1-7H3,(H,15,17). The van der Waals surface area contributed by atoms with Gasteiger partial charge in [0.1, 0.15) is 5.60 Å². The molecule has 1 unspecified atom stereocenters. The predicted octanol–water partition coefficient (Wildman–Crippen LogP) is 3.30. The van der Waals surface area contributed by atoms with Gasteiger partial charge in [0, 0.05) is 6.42 Å². The molecule has 0 bridgehead atoms. The third-order valence-corrected chi connectivity index (χ3v) is 2.19. The number of hydrogen-bond donors (Lipinski definition) is 1. The smallest absolute Gasteiger partial charge is 0.408 e. The SMILES string of the molecule is CCC(NC(=O)OC(C)(C)C)C(=O)CC(C)(C)C. The Morgan fingerprint density at radius 1 is 1.11 bits per heavy atom. The molecule has 1 amide bonds. The summed E-state index contributed by atoms with van der Waals surface area (Å²) >= 11 is 0. The Labute approximate surface area is 110 Å². The molecule has 0 aliphatic carbocycles. The van der Waals surface area contributed by atoms with E-state index in [1.165, 1.54) is 0 Å². The molecular formula is C14H27NO3. The van der Waals surface area contributed by atoms with E-state index < -0.39 is 17.7 Å². The highest BCUT2D eigenvalue weighted by Gasteiger charge is 2.25. The van der Waals surface area contributed by atoms with Crippen LogP contribution in [-0.2, 0) is 9.53 Å². The number of hydrogen-bond acceptors (Lipinski definition) is 3. The van der Waals surface area contributed by atoms with Gasteiger partial charge in [0.2, 0.25) is 0 Å². The Balaban J connectivity index is 4.44. The zero-order chi connectivity index (χ0) is 14.6. The first kappa shape index (κ1) is 16.9. The lowest BCUT2D eigenvalue weighted by atomic mass is 9.87. The van der Waals surface area contributed by atoms with Crippen molar-refractivity contribution in [2.24, 2.45) is 5.41 Å². The van der Waals surface area contributed by atoms with Crippen molar-refractivity contribution < 1.29 is 14.3 Å². The van der Waals surface area contributed by atoms with Crippen molar-refractivity contribution in [2.75, 3.05) is 0 Å². The second kappa shape index (κ2) is 6.21. The third-order valence-electron chi connectivity index (χ3n) is 2.19. The molecule has 0 heterocycles. The fraction of sp³-hybridized carbons (Fsp3) is 0.857. The van der Waals surface area contributed by atoms with Gasteiger partial charge in [-0.2, -0.15) is 0 Å². The summed E-state index contributed by atoms with van der Waals surface area (Å²) in [6.07, 6.45) is 0.492. The molecular weight excluding hydrogens is 230 g/mol. The second-order valence-electron chi connectivity index (χ2n) is 6.81. The molecule has 0 aromatic rings. The van der Waals surface area contributed by atoms with E-state index in [0.29, 0.717) is 12.8 Å². The van der Waals surface area contributed by atoms with Crippen LogP contribution in [0.15, 0.2) is 0 Å². The van der Waals surface area contributed by atoms with Crippen molar-refractivity contribution in [3.63, 3.8) is 0 Å². The van der Waals surface area contributed by atoms with Crippen molar-refractivity contribution in [1.82, 2.24) is 5.32 Å². The first-order chi connectivity index (χ1) is 7.94. The summed E-state index contributed by atoms with van der Waals surface area (Å²) in [5.74, 6) is 0.0517. The van der Waals surface area contributed by atoms with E-state index in [4.69, 9.17) is 4.74 Å². The summed E-state index contributed by atoms with van der Waals surface area (Å²) < 4.78 is 5.15. The zero-order valence-electron chi connectivity index (χ0n) is 12.7. The van der Waals surface area contributed by atoms with Crippen molar-refractivity contribution >= 4 is 11.9 Å². The molecule has 0 aromatic heterocycles. The first-order valence-corrected chi connectivity index (χ1v) is 6.47. The zero-order valence-corrected chi connectivity index (χ0v) is 12.7. The van der Waals surface area contributed by atoms with Gasteiger partial charge in [-0.05, 0) is 32.6 Å². The molecule has 0 fully saturated rings. The highest BCUT2D eigenvalue weighted by molar-refractivity contribution is 5.87. The van der Waals surface area contributed by atoms with E-state index in [1.54, 1.807) is 20.8 Å². The molecule has 0 aromatic carbocycles. The van der Waals surface area contributed by atoms with Gasteiger partial charge in [-0.1, -0.05) is 27.7 Å².